The third kappa shape index (κ3) is 4.46. The van der Waals surface area contributed by atoms with Gasteiger partial charge in [0.05, 0.1) is 30.0 Å². The molecule has 0 unspecified atom stereocenters. The van der Waals surface area contributed by atoms with Crippen LogP contribution in [0.4, 0.5) is 0 Å². The Kier molecular flexibility index (Phi) is 6.99. The van der Waals surface area contributed by atoms with Crippen molar-refractivity contribution in [3.63, 3.8) is 0 Å². The largest absolute Gasteiger partial charge is 0.490 e. The summed E-state index contributed by atoms with van der Waals surface area (Å²) < 4.78 is 20.5. The average Bonchev–Trinajstić information content (AvgIpc) is 3.18. The lowest BCUT2D eigenvalue weighted by Crippen LogP contribution is -2.16. The first kappa shape index (κ1) is 22.9. The van der Waals surface area contributed by atoms with E-state index in [0.717, 1.165) is 15.6 Å². The van der Waals surface area contributed by atoms with Gasteiger partial charge in [0.2, 0.25) is 5.75 Å². The zero-order valence-corrected chi connectivity index (χ0v) is 20.2. The van der Waals surface area contributed by atoms with Crippen LogP contribution < -0.4 is 19.0 Å². The minimum atomic E-state index is -0.349. The molecular formula is C26H28N2O4S. The summed E-state index contributed by atoms with van der Waals surface area (Å²) in [6, 6.07) is 15.8. The topological polar surface area (TPSA) is 62.0 Å². The molecule has 4 rings (SSSR count). The van der Waals surface area contributed by atoms with Gasteiger partial charge in [-0.3, -0.25) is 4.79 Å². The Morgan fingerprint density at radius 3 is 2.21 bits per heavy atom. The number of thiazole rings is 1. The Labute approximate surface area is 197 Å². The SMILES string of the molecule is CCOc1cc(C(=O)N=c2sc3c4ccccc4ccc3n2CC)cc(OCC)c1OCC. The van der Waals surface area contributed by atoms with Crippen molar-refractivity contribution in [2.24, 2.45) is 4.99 Å². The van der Waals surface area contributed by atoms with E-state index in [2.05, 4.69) is 40.7 Å². The molecule has 7 heteroatoms. The fourth-order valence-corrected chi connectivity index (χ4v) is 5.08. The lowest BCUT2D eigenvalue weighted by Gasteiger charge is -2.16. The zero-order chi connectivity index (χ0) is 23.4. The molecule has 0 aliphatic heterocycles. The number of fused-ring (bicyclic) bond motifs is 3. The molecule has 172 valence electrons. The fraction of sp³-hybridized carbons (Fsp3) is 0.308. The predicted molar refractivity (Wildman–Crippen MR) is 133 cm³/mol. The van der Waals surface area contributed by atoms with Gasteiger partial charge in [0.1, 0.15) is 0 Å². The Balaban J connectivity index is 1.86. The number of hydrogen-bond acceptors (Lipinski definition) is 5. The highest BCUT2D eigenvalue weighted by Crippen LogP contribution is 2.39. The number of aromatic nitrogens is 1. The number of carbonyl (C=O) groups excluding carboxylic acids is 1. The number of aryl methyl sites for hydroxylation is 1. The number of benzene rings is 3. The molecule has 6 nitrogen and oxygen atoms in total. The molecule has 1 aromatic heterocycles. The maximum Gasteiger partial charge on any atom is 0.279 e. The molecule has 0 aliphatic carbocycles. The van der Waals surface area contributed by atoms with E-state index in [1.165, 1.54) is 16.7 Å². The molecule has 0 saturated heterocycles. The summed E-state index contributed by atoms with van der Waals surface area (Å²) in [5.41, 5.74) is 1.47. The van der Waals surface area contributed by atoms with Crippen LogP contribution in [0.25, 0.3) is 21.0 Å². The lowest BCUT2D eigenvalue weighted by molar-refractivity contribution is 0.0996. The molecule has 33 heavy (non-hydrogen) atoms. The van der Waals surface area contributed by atoms with Crippen LogP contribution in [0.5, 0.6) is 17.2 Å². The van der Waals surface area contributed by atoms with E-state index in [1.807, 2.05) is 32.9 Å². The van der Waals surface area contributed by atoms with Gasteiger partial charge in [-0.1, -0.05) is 41.7 Å². The summed E-state index contributed by atoms with van der Waals surface area (Å²) in [5.74, 6) is 1.12. The number of amides is 1. The minimum absolute atomic E-state index is 0.349. The van der Waals surface area contributed by atoms with E-state index in [0.29, 0.717) is 54.0 Å². The first-order valence-electron chi connectivity index (χ1n) is 11.3. The number of rotatable bonds is 8. The van der Waals surface area contributed by atoms with Crippen molar-refractivity contribution in [2.75, 3.05) is 19.8 Å². The fourth-order valence-electron chi connectivity index (χ4n) is 3.85. The van der Waals surface area contributed by atoms with Crippen LogP contribution in [0.3, 0.4) is 0 Å². The van der Waals surface area contributed by atoms with Crippen LogP contribution in [0.1, 0.15) is 38.1 Å². The maximum atomic E-state index is 13.3. The van der Waals surface area contributed by atoms with Crippen molar-refractivity contribution >= 4 is 38.2 Å². The summed E-state index contributed by atoms with van der Waals surface area (Å²) in [5, 5.41) is 2.33. The first-order valence-corrected chi connectivity index (χ1v) is 12.1. The highest BCUT2D eigenvalue weighted by Gasteiger charge is 2.19. The smallest absolute Gasteiger partial charge is 0.279 e. The molecule has 0 spiro atoms. The molecule has 0 aliphatic rings. The molecule has 0 bridgehead atoms. The summed E-state index contributed by atoms with van der Waals surface area (Å²) in [6.07, 6.45) is 0. The van der Waals surface area contributed by atoms with Crippen LogP contribution >= 0.6 is 11.3 Å². The monoisotopic (exact) mass is 464 g/mol. The number of ether oxygens (including phenoxy) is 3. The van der Waals surface area contributed by atoms with Crippen LogP contribution in [-0.2, 0) is 6.54 Å². The molecular weight excluding hydrogens is 436 g/mol. The highest BCUT2D eigenvalue weighted by molar-refractivity contribution is 7.17. The molecule has 0 fully saturated rings. The summed E-state index contributed by atoms with van der Waals surface area (Å²) >= 11 is 1.53. The van der Waals surface area contributed by atoms with E-state index in [9.17, 15) is 4.79 Å². The van der Waals surface area contributed by atoms with Crippen molar-refractivity contribution in [3.05, 3.63) is 58.9 Å². The lowest BCUT2D eigenvalue weighted by atomic mass is 10.1. The maximum absolute atomic E-state index is 13.3. The Hall–Kier alpha value is -3.32. The van der Waals surface area contributed by atoms with Crippen molar-refractivity contribution in [1.29, 1.82) is 0 Å². The standard InChI is InChI=1S/C26H28N2O4S/c1-5-28-20-14-13-17-11-9-10-12-19(17)24(20)33-26(28)27-25(29)18-15-21(30-6-2)23(32-8-4)22(16-18)31-7-3/h9-16H,5-8H2,1-4H3. The average molecular weight is 465 g/mol. The van der Waals surface area contributed by atoms with Crippen LogP contribution in [0.2, 0.25) is 0 Å². The zero-order valence-electron chi connectivity index (χ0n) is 19.4. The number of hydrogen-bond donors (Lipinski definition) is 0. The van der Waals surface area contributed by atoms with E-state index in [1.54, 1.807) is 12.1 Å². The Bertz CT molecular complexity index is 1340. The molecule has 0 saturated carbocycles. The second-order valence-electron chi connectivity index (χ2n) is 7.28. The van der Waals surface area contributed by atoms with Gasteiger partial charge in [-0.05, 0) is 51.3 Å². The Morgan fingerprint density at radius 2 is 1.58 bits per heavy atom. The van der Waals surface area contributed by atoms with Gasteiger partial charge in [0.15, 0.2) is 16.3 Å². The van der Waals surface area contributed by atoms with E-state index >= 15 is 0 Å². The first-order chi connectivity index (χ1) is 16.1. The third-order valence-corrected chi connectivity index (χ3v) is 6.37. The van der Waals surface area contributed by atoms with Crippen molar-refractivity contribution in [3.8, 4) is 17.2 Å². The number of nitrogens with zero attached hydrogens (tertiary/aromatic N) is 2. The van der Waals surface area contributed by atoms with E-state index in [4.69, 9.17) is 14.2 Å². The van der Waals surface area contributed by atoms with Gasteiger partial charge in [0.25, 0.3) is 5.91 Å². The van der Waals surface area contributed by atoms with Crippen molar-refractivity contribution in [2.45, 2.75) is 34.2 Å². The summed E-state index contributed by atoms with van der Waals surface area (Å²) in [4.78, 5) is 18.5. The molecule has 0 radical (unpaired) electrons. The third-order valence-electron chi connectivity index (χ3n) is 5.24. The minimum Gasteiger partial charge on any atom is -0.490 e. The van der Waals surface area contributed by atoms with Crippen LogP contribution in [0, 0.1) is 0 Å². The predicted octanol–water partition coefficient (Wildman–Crippen LogP) is 5.81. The van der Waals surface area contributed by atoms with Gasteiger partial charge in [0, 0.05) is 17.5 Å². The summed E-state index contributed by atoms with van der Waals surface area (Å²) in [6.45, 7) is 9.80. The summed E-state index contributed by atoms with van der Waals surface area (Å²) in [7, 11) is 0. The second-order valence-corrected chi connectivity index (χ2v) is 8.26. The van der Waals surface area contributed by atoms with E-state index in [-0.39, 0.29) is 5.91 Å². The molecule has 0 atom stereocenters. The quantitative estimate of drug-likeness (QED) is 0.330. The Morgan fingerprint density at radius 1 is 0.909 bits per heavy atom. The van der Waals surface area contributed by atoms with Gasteiger partial charge >= 0.3 is 0 Å². The molecule has 1 heterocycles. The molecule has 1 amide bonds. The van der Waals surface area contributed by atoms with Gasteiger partial charge < -0.3 is 18.8 Å². The van der Waals surface area contributed by atoms with Crippen molar-refractivity contribution in [1.82, 2.24) is 4.57 Å². The number of carbonyl (C=O) groups is 1. The van der Waals surface area contributed by atoms with Gasteiger partial charge in [-0.15, -0.1) is 0 Å². The van der Waals surface area contributed by atoms with Crippen molar-refractivity contribution < 1.29 is 19.0 Å². The van der Waals surface area contributed by atoms with Gasteiger partial charge in [-0.25, -0.2) is 0 Å². The van der Waals surface area contributed by atoms with Crippen LogP contribution in [-0.4, -0.2) is 30.3 Å². The van der Waals surface area contributed by atoms with Gasteiger partial charge in [-0.2, -0.15) is 4.99 Å². The molecule has 3 aromatic carbocycles. The second kappa shape index (κ2) is 10.1. The van der Waals surface area contributed by atoms with Crippen LogP contribution in [0.15, 0.2) is 53.5 Å². The normalized spacial score (nSPS) is 11.8. The molecule has 4 aromatic rings. The van der Waals surface area contributed by atoms with E-state index < -0.39 is 0 Å². The molecule has 0 N–H and O–H groups in total. The highest BCUT2D eigenvalue weighted by atomic mass is 32.1.